The van der Waals surface area contributed by atoms with Crippen molar-refractivity contribution < 1.29 is 14.0 Å². The number of imide groups is 1. The van der Waals surface area contributed by atoms with E-state index in [9.17, 15) is 14.0 Å². The van der Waals surface area contributed by atoms with Gasteiger partial charge in [-0.15, -0.1) is 0 Å². The van der Waals surface area contributed by atoms with Crippen LogP contribution < -0.4 is 0 Å². The molecule has 2 heterocycles. The van der Waals surface area contributed by atoms with E-state index in [0.717, 1.165) is 12.8 Å². The van der Waals surface area contributed by atoms with Gasteiger partial charge in [0, 0.05) is 6.54 Å². The molecule has 0 saturated carbocycles. The molecule has 1 aromatic carbocycles. The number of hydrogen-bond donors (Lipinski definition) is 0. The van der Waals surface area contributed by atoms with Gasteiger partial charge in [-0.1, -0.05) is 12.1 Å². The van der Waals surface area contributed by atoms with Crippen LogP contribution in [0.15, 0.2) is 24.3 Å². The van der Waals surface area contributed by atoms with E-state index < -0.39 is 0 Å². The van der Waals surface area contributed by atoms with Crippen LogP contribution in [0.2, 0.25) is 0 Å². The molecule has 94 valence electrons. The van der Waals surface area contributed by atoms with Gasteiger partial charge in [0.25, 0.3) is 5.91 Å². The lowest BCUT2D eigenvalue weighted by Gasteiger charge is -2.15. The molecule has 0 radical (unpaired) electrons. The number of carbonyl (C=O) groups is 2. The highest BCUT2D eigenvalue weighted by atomic mass is 19.1. The molecule has 2 saturated heterocycles. The maximum atomic E-state index is 13.1. The molecule has 3 rings (SSSR count). The lowest BCUT2D eigenvalue weighted by molar-refractivity contribution is -0.128. The Labute approximate surface area is 104 Å². The smallest absolute Gasteiger partial charge is 0.312 e. The second-order valence-electron chi connectivity index (χ2n) is 4.69. The van der Waals surface area contributed by atoms with E-state index in [1.165, 1.54) is 17.0 Å². The van der Waals surface area contributed by atoms with Crippen LogP contribution in [0.4, 0.5) is 9.18 Å². The zero-order valence-electron chi connectivity index (χ0n) is 9.80. The maximum Gasteiger partial charge on any atom is 0.327 e. The molecule has 0 aliphatic carbocycles. The van der Waals surface area contributed by atoms with Crippen LogP contribution in [-0.2, 0) is 11.3 Å². The Morgan fingerprint density at radius 2 is 2.17 bits per heavy atom. The third-order valence-electron chi connectivity index (χ3n) is 3.51. The third kappa shape index (κ3) is 1.66. The van der Waals surface area contributed by atoms with Crippen molar-refractivity contribution in [3.05, 3.63) is 35.6 Å². The highest BCUT2D eigenvalue weighted by Gasteiger charge is 2.47. The Hall–Kier alpha value is -1.91. The molecule has 3 amide bonds. The van der Waals surface area contributed by atoms with E-state index in [2.05, 4.69) is 0 Å². The average molecular weight is 248 g/mol. The van der Waals surface area contributed by atoms with Gasteiger partial charge in [0.05, 0.1) is 6.54 Å². The minimum absolute atomic E-state index is 0.151. The van der Waals surface area contributed by atoms with Crippen molar-refractivity contribution in [2.45, 2.75) is 25.4 Å². The second-order valence-corrected chi connectivity index (χ2v) is 4.69. The monoisotopic (exact) mass is 248 g/mol. The minimum Gasteiger partial charge on any atom is -0.312 e. The van der Waals surface area contributed by atoms with Gasteiger partial charge < -0.3 is 4.90 Å². The van der Waals surface area contributed by atoms with Crippen LogP contribution in [0.5, 0.6) is 0 Å². The molecule has 0 bridgehead atoms. The molecule has 0 N–H and O–H groups in total. The topological polar surface area (TPSA) is 40.6 Å². The van der Waals surface area contributed by atoms with Crippen LogP contribution in [0, 0.1) is 5.82 Å². The number of hydrogen-bond acceptors (Lipinski definition) is 2. The molecule has 1 aromatic rings. The molecular formula is C13H13FN2O2. The van der Waals surface area contributed by atoms with Gasteiger partial charge in [-0.3, -0.25) is 9.69 Å². The number of carbonyl (C=O) groups excluding carboxylic acids is 2. The SMILES string of the molecule is O=C1C2CCCN2C(=O)N1Cc1cccc(F)c1. The number of urea groups is 1. The number of rotatable bonds is 2. The Kier molecular flexibility index (Phi) is 2.54. The summed E-state index contributed by atoms with van der Waals surface area (Å²) >= 11 is 0. The summed E-state index contributed by atoms with van der Waals surface area (Å²) in [6.45, 7) is 0.803. The normalized spacial score (nSPS) is 22.8. The van der Waals surface area contributed by atoms with Gasteiger partial charge in [0.2, 0.25) is 0 Å². The number of nitrogens with zero attached hydrogens (tertiary/aromatic N) is 2. The summed E-state index contributed by atoms with van der Waals surface area (Å²) in [5, 5.41) is 0. The summed E-state index contributed by atoms with van der Waals surface area (Å²) in [4.78, 5) is 26.9. The quantitative estimate of drug-likeness (QED) is 0.748. The fourth-order valence-corrected chi connectivity index (χ4v) is 2.65. The number of benzene rings is 1. The third-order valence-corrected chi connectivity index (χ3v) is 3.51. The average Bonchev–Trinajstić information content (AvgIpc) is 2.90. The van der Waals surface area contributed by atoms with Crippen LogP contribution in [-0.4, -0.2) is 34.3 Å². The zero-order valence-corrected chi connectivity index (χ0v) is 9.80. The van der Waals surface area contributed by atoms with E-state index >= 15 is 0 Å². The molecule has 0 aromatic heterocycles. The molecule has 18 heavy (non-hydrogen) atoms. The minimum atomic E-state index is -0.355. The first-order chi connectivity index (χ1) is 8.66. The van der Waals surface area contributed by atoms with E-state index in [0.29, 0.717) is 12.1 Å². The lowest BCUT2D eigenvalue weighted by atomic mass is 10.2. The van der Waals surface area contributed by atoms with Crippen molar-refractivity contribution in [1.29, 1.82) is 0 Å². The maximum absolute atomic E-state index is 13.1. The first kappa shape index (κ1) is 11.2. The number of fused-ring (bicyclic) bond motifs is 1. The highest BCUT2D eigenvalue weighted by Crippen LogP contribution is 2.28. The van der Waals surface area contributed by atoms with E-state index in [1.54, 1.807) is 17.0 Å². The summed E-state index contributed by atoms with van der Waals surface area (Å²) in [7, 11) is 0. The van der Waals surface area contributed by atoms with Crippen molar-refractivity contribution in [2.24, 2.45) is 0 Å². The second kappa shape index (κ2) is 4.08. The zero-order chi connectivity index (χ0) is 12.7. The molecule has 5 heteroatoms. The first-order valence-corrected chi connectivity index (χ1v) is 6.03. The van der Waals surface area contributed by atoms with E-state index in [4.69, 9.17) is 0 Å². The van der Waals surface area contributed by atoms with Crippen molar-refractivity contribution in [2.75, 3.05) is 6.54 Å². The lowest BCUT2D eigenvalue weighted by Crippen LogP contribution is -2.32. The summed E-state index contributed by atoms with van der Waals surface area (Å²) in [6.07, 6.45) is 1.63. The van der Waals surface area contributed by atoms with E-state index in [1.807, 2.05) is 0 Å². The van der Waals surface area contributed by atoms with Gasteiger partial charge in [-0.25, -0.2) is 9.18 Å². The molecular weight excluding hydrogens is 235 g/mol. The van der Waals surface area contributed by atoms with Gasteiger partial charge >= 0.3 is 6.03 Å². The fraction of sp³-hybridized carbons (Fsp3) is 0.385. The van der Waals surface area contributed by atoms with Gasteiger partial charge in [-0.05, 0) is 30.5 Å². The largest absolute Gasteiger partial charge is 0.327 e. The summed E-state index contributed by atoms with van der Waals surface area (Å²) < 4.78 is 13.1. The Bertz CT molecular complexity index is 495. The fourth-order valence-electron chi connectivity index (χ4n) is 2.65. The molecule has 2 fully saturated rings. The molecule has 1 unspecified atom stereocenters. The van der Waals surface area contributed by atoms with Crippen LogP contribution >= 0.6 is 0 Å². The van der Waals surface area contributed by atoms with Crippen molar-refractivity contribution >= 4 is 11.9 Å². The highest BCUT2D eigenvalue weighted by molar-refractivity contribution is 6.04. The Balaban J connectivity index is 1.81. The van der Waals surface area contributed by atoms with Gasteiger partial charge in [0.15, 0.2) is 0 Å². The van der Waals surface area contributed by atoms with Crippen molar-refractivity contribution in [1.82, 2.24) is 9.80 Å². The summed E-state index contributed by atoms with van der Waals surface area (Å²) in [5.74, 6) is -0.506. The van der Waals surface area contributed by atoms with Crippen LogP contribution in [0.25, 0.3) is 0 Å². The summed E-state index contributed by atoms with van der Waals surface area (Å²) in [6, 6.07) is 5.46. The van der Waals surface area contributed by atoms with Gasteiger partial charge in [0.1, 0.15) is 11.9 Å². The van der Waals surface area contributed by atoms with Gasteiger partial charge in [-0.2, -0.15) is 0 Å². The molecule has 4 nitrogen and oxygen atoms in total. The predicted octanol–water partition coefficient (Wildman–Crippen LogP) is 1.75. The van der Waals surface area contributed by atoms with Crippen molar-refractivity contribution in [3.63, 3.8) is 0 Å². The molecule has 1 atom stereocenters. The van der Waals surface area contributed by atoms with Crippen LogP contribution in [0.3, 0.4) is 0 Å². The summed E-state index contributed by atoms with van der Waals surface area (Å²) in [5.41, 5.74) is 0.637. The number of amides is 3. The standard InChI is InChI=1S/C13H13FN2O2/c14-10-4-1-3-9(7-10)8-16-12(17)11-5-2-6-15(11)13(16)18/h1,3-4,7,11H,2,5-6,8H2. The predicted molar refractivity (Wildman–Crippen MR) is 62.1 cm³/mol. The molecule has 2 aliphatic rings. The Morgan fingerprint density at radius 1 is 1.33 bits per heavy atom. The Morgan fingerprint density at radius 3 is 2.89 bits per heavy atom. The molecule has 0 spiro atoms. The first-order valence-electron chi connectivity index (χ1n) is 6.03. The van der Waals surface area contributed by atoms with Crippen molar-refractivity contribution in [3.8, 4) is 0 Å². The van der Waals surface area contributed by atoms with Crippen LogP contribution in [0.1, 0.15) is 18.4 Å². The van der Waals surface area contributed by atoms with E-state index in [-0.39, 0.29) is 30.3 Å². The number of halogens is 1. The molecule has 2 aliphatic heterocycles.